The average molecular weight is 308 g/mol. The molecule has 0 aliphatic heterocycles. The first-order valence-corrected chi connectivity index (χ1v) is 7.32. The quantitative estimate of drug-likeness (QED) is 0.773. The van der Waals surface area contributed by atoms with E-state index >= 15 is 0 Å². The number of benzene rings is 1. The molecule has 1 amide bonds. The summed E-state index contributed by atoms with van der Waals surface area (Å²) < 4.78 is 0. The Morgan fingerprint density at radius 2 is 2.04 bits per heavy atom. The van der Waals surface area contributed by atoms with Gasteiger partial charge in [0.15, 0.2) is 0 Å². The lowest BCUT2D eigenvalue weighted by Crippen LogP contribution is -2.16. The van der Waals surface area contributed by atoms with Crippen molar-refractivity contribution < 1.29 is 4.79 Å². The Morgan fingerprint density at radius 3 is 2.83 bits per heavy atom. The third-order valence-electron chi connectivity index (χ3n) is 3.43. The van der Waals surface area contributed by atoms with Crippen LogP contribution in [0.4, 0.5) is 5.82 Å². The molecule has 3 rings (SSSR count). The molecule has 0 bridgehead atoms. The van der Waals surface area contributed by atoms with E-state index in [4.69, 9.17) is 0 Å². The number of pyridine rings is 1. The molecule has 0 fully saturated rings. The van der Waals surface area contributed by atoms with E-state index in [-0.39, 0.29) is 17.9 Å². The average Bonchev–Trinajstić information content (AvgIpc) is 2.55. The number of hydrogen-bond donors (Lipinski definition) is 2. The van der Waals surface area contributed by atoms with Gasteiger partial charge in [0.25, 0.3) is 5.56 Å². The highest BCUT2D eigenvalue weighted by molar-refractivity contribution is 5.89. The maximum absolute atomic E-state index is 12.0. The first-order valence-electron chi connectivity index (χ1n) is 7.32. The van der Waals surface area contributed by atoms with E-state index in [0.29, 0.717) is 29.0 Å². The van der Waals surface area contributed by atoms with E-state index in [1.165, 1.54) is 0 Å². The number of carbonyl (C=O) groups is 1. The van der Waals surface area contributed by atoms with Gasteiger partial charge in [-0.25, -0.2) is 9.97 Å². The van der Waals surface area contributed by atoms with E-state index in [0.717, 1.165) is 5.56 Å². The van der Waals surface area contributed by atoms with Crippen molar-refractivity contribution in [3.63, 3.8) is 0 Å². The van der Waals surface area contributed by atoms with Crippen LogP contribution in [0.3, 0.4) is 0 Å². The van der Waals surface area contributed by atoms with Gasteiger partial charge in [-0.1, -0.05) is 18.2 Å². The summed E-state index contributed by atoms with van der Waals surface area (Å²) in [5.74, 6) is 0.846. The summed E-state index contributed by atoms with van der Waals surface area (Å²) in [6.45, 7) is 1.93. The number of fused-ring (bicyclic) bond motifs is 1. The monoisotopic (exact) mass is 308 g/mol. The number of amides is 1. The maximum atomic E-state index is 12.0. The second-order valence-corrected chi connectivity index (χ2v) is 5.30. The van der Waals surface area contributed by atoms with Crippen molar-refractivity contribution in [1.82, 2.24) is 15.0 Å². The molecule has 0 saturated heterocycles. The molecule has 23 heavy (non-hydrogen) atoms. The Hall–Kier alpha value is -3.02. The van der Waals surface area contributed by atoms with Crippen LogP contribution in [0.25, 0.3) is 10.9 Å². The van der Waals surface area contributed by atoms with Crippen molar-refractivity contribution in [3.8, 4) is 0 Å². The molecule has 2 aromatic heterocycles. The van der Waals surface area contributed by atoms with E-state index < -0.39 is 0 Å². The second-order valence-electron chi connectivity index (χ2n) is 5.30. The van der Waals surface area contributed by atoms with Gasteiger partial charge in [-0.15, -0.1) is 0 Å². The van der Waals surface area contributed by atoms with Crippen LogP contribution >= 0.6 is 0 Å². The molecule has 3 aromatic rings. The normalized spacial score (nSPS) is 10.7. The number of nitrogens with zero attached hydrogens (tertiary/aromatic N) is 2. The number of nitrogens with one attached hydrogen (secondary N) is 2. The van der Waals surface area contributed by atoms with Crippen LogP contribution in [0.1, 0.15) is 17.8 Å². The Bertz CT molecular complexity index is 900. The molecular formula is C17H16N4O2. The lowest BCUT2D eigenvalue weighted by Gasteiger charge is -2.05. The molecule has 116 valence electrons. The van der Waals surface area contributed by atoms with Gasteiger partial charge in [-0.2, -0.15) is 0 Å². The summed E-state index contributed by atoms with van der Waals surface area (Å²) in [7, 11) is 0. The van der Waals surface area contributed by atoms with Crippen LogP contribution in [0.15, 0.2) is 47.4 Å². The number of carbonyl (C=O) groups excluding carboxylic acids is 1. The molecule has 0 saturated carbocycles. The van der Waals surface area contributed by atoms with Gasteiger partial charge in [0, 0.05) is 19.0 Å². The molecule has 6 nitrogen and oxygen atoms in total. The van der Waals surface area contributed by atoms with Gasteiger partial charge >= 0.3 is 0 Å². The molecule has 2 heterocycles. The van der Waals surface area contributed by atoms with Crippen molar-refractivity contribution >= 4 is 22.6 Å². The summed E-state index contributed by atoms with van der Waals surface area (Å²) in [6.07, 6.45) is 2.27. The van der Waals surface area contributed by atoms with E-state index in [1.54, 1.807) is 30.5 Å². The standard InChI is InChI=1S/C17H16N4O2/c1-11-6-7-14(18-10-11)20-16(22)9-8-15-19-13-5-3-2-4-12(13)17(23)21-15/h2-7,10H,8-9H2,1H3,(H,18,20,22)(H,19,21,23). The first-order chi connectivity index (χ1) is 11.1. The number of aryl methyl sites for hydroxylation is 2. The van der Waals surface area contributed by atoms with Crippen LogP contribution in [0.5, 0.6) is 0 Å². The lowest BCUT2D eigenvalue weighted by atomic mass is 10.2. The molecular weight excluding hydrogens is 292 g/mol. The largest absolute Gasteiger partial charge is 0.311 e. The predicted molar refractivity (Wildman–Crippen MR) is 88.3 cm³/mol. The van der Waals surface area contributed by atoms with Gasteiger partial charge in [0.05, 0.1) is 10.9 Å². The SMILES string of the molecule is Cc1ccc(NC(=O)CCc2nc3ccccc3c(=O)[nH]2)nc1. The third kappa shape index (κ3) is 3.60. The van der Waals surface area contributed by atoms with Crippen molar-refractivity contribution in [2.75, 3.05) is 5.32 Å². The molecule has 0 unspecified atom stereocenters. The number of rotatable bonds is 4. The number of H-pyrrole nitrogens is 1. The Morgan fingerprint density at radius 1 is 1.22 bits per heavy atom. The fourth-order valence-corrected chi connectivity index (χ4v) is 2.23. The summed E-state index contributed by atoms with van der Waals surface area (Å²) in [5.41, 5.74) is 1.47. The minimum absolute atomic E-state index is 0.169. The number of aromatic nitrogens is 3. The summed E-state index contributed by atoms with van der Waals surface area (Å²) >= 11 is 0. The van der Waals surface area contributed by atoms with Gasteiger partial charge in [-0.05, 0) is 30.7 Å². The molecule has 6 heteroatoms. The fraction of sp³-hybridized carbons (Fsp3) is 0.176. The molecule has 0 radical (unpaired) electrons. The van der Waals surface area contributed by atoms with Crippen LogP contribution in [0, 0.1) is 6.92 Å². The van der Waals surface area contributed by atoms with Gasteiger partial charge in [0.1, 0.15) is 11.6 Å². The molecule has 0 aliphatic carbocycles. The zero-order valence-electron chi connectivity index (χ0n) is 12.7. The second kappa shape index (κ2) is 6.39. The van der Waals surface area contributed by atoms with Crippen LogP contribution in [-0.4, -0.2) is 20.9 Å². The summed E-state index contributed by atoms with van der Waals surface area (Å²) in [4.78, 5) is 35.1. The molecule has 1 aromatic carbocycles. The zero-order chi connectivity index (χ0) is 16.2. The van der Waals surface area contributed by atoms with Crippen molar-refractivity contribution in [2.45, 2.75) is 19.8 Å². The van der Waals surface area contributed by atoms with Crippen LogP contribution in [-0.2, 0) is 11.2 Å². The van der Waals surface area contributed by atoms with Gasteiger partial charge in [0.2, 0.25) is 5.91 Å². The fourth-order valence-electron chi connectivity index (χ4n) is 2.23. The number of para-hydroxylation sites is 1. The molecule has 2 N–H and O–H groups in total. The summed E-state index contributed by atoms with van der Waals surface area (Å²) in [6, 6.07) is 10.8. The number of hydrogen-bond acceptors (Lipinski definition) is 4. The topological polar surface area (TPSA) is 87.7 Å². The summed E-state index contributed by atoms with van der Waals surface area (Å²) in [5, 5.41) is 3.27. The number of anilines is 1. The lowest BCUT2D eigenvalue weighted by molar-refractivity contribution is -0.116. The molecule has 0 atom stereocenters. The molecule has 0 spiro atoms. The van der Waals surface area contributed by atoms with E-state index in [1.807, 2.05) is 19.1 Å². The Labute approximate surface area is 132 Å². The smallest absolute Gasteiger partial charge is 0.258 e. The van der Waals surface area contributed by atoms with E-state index in [9.17, 15) is 9.59 Å². The predicted octanol–water partition coefficient (Wildman–Crippen LogP) is 2.20. The highest BCUT2D eigenvalue weighted by Gasteiger charge is 2.07. The minimum atomic E-state index is -0.189. The van der Waals surface area contributed by atoms with Crippen molar-refractivity contribution in [2.24, 2.45) is 0 Å². The molecule has 0 aliphatic rings. The van der Waals surface area contributed by atoms with Crippen LogP contribution < -0.4 is 10.9 Å². The van der Waals surface area contributed by atoms with Crippen molar-refractivity contribution in [1.29, 1.82) is 0 Å². The highest BCUT2D eigenvalue weighted by atomic mass is 16.1. The Balaban J connectivity index is 1.67. The maximum Gasteiger partial charge on any atom is 0.258 e. The van der Waals surface area contributed by atoms with Crippen LogP contribution in [0.2, 0.25) is 0 Å². The first kappa shape index (κ1) is 14.9. The van der Waals surface area contributed by atoms with Crippen molar-refractivity contribution in [3.05, 3.63) is 64.3 Å². The zero-order valence-corrected chi connectivity index (χ0v) is 12.7. The van der Waals surface area contributed by atoms with Gasteiger partial charge in [-0.3, -0.25) is 9.59 Å². The Kier molecular flexibility index (Phi) is 4.14. The third-order valence-corrected chi connectivity index (χ3v) is 3.43. The highest BCUT2D eigenvalue weighted by Crippen LogP contribution is 2.08. The number of aromatic amines is 1. The van der Waals surface area contributed by atoms with Gasteiger partial charge < -0.3 is 10.3 Å². The van der Waals surface area contributed by atoms with E-state index in [2.05, 4.69) is 20.3 Å². The minimum Gasteiger partial charge on any atom is -0.311 e.